The Bertz CT molecular complexity index is 1030. The first-order chi connectivity index (χ1) is 16.3. The Morgan fingerprint density at radius 1 is 0.794 bits per heavy atom. The summed E-state index contributed by atoms with van der Waals surface area (Å²) in [6.45, 7) is 11.5. The van der Waals surface area contributed by atoms with Crippen molar-refractivity contribution in [2.45, 2.75) is 33.5 Å². The SMILES string of the molecule is C=C(C)C(=O)OCC1CSC(c2ccc3cc(C4SCC(COC(=O)C(=C)C)S4)ccc3c2)S1. The maximum Gasteiger partial charge on any atom is 0.333 e. The van der Waals surface area contributed by atoms with Gasteiger partial charge in [-0.15, -0.1) is 47.0 Å². The van der Waals surface area contributed by atoms with Gasteiger partial charge in [0.05, 0.1) is 9.16 Å². The van der Waals surface area contributed by atoms with Gasteiger partial charge in [0.25, 0.3) is 0 Å². The average molecular weight is 533 g/mol. The number of thioether (sulfide) groups is 4. The summed E-state index contributed by atoms with van der Waals surface area (Å²) in [5, 5.41) is 3.07. The van der Waals surface area contributed by atoms with Gasteiger partial charge < -0.3 is 9.47 Å². The topological polar surface area (TPSA) is 52.6 Å². The van der Waals surface area contributed by atoms with Crippen molar-refractivity contribution in [2.24, 2.45) is 0 Å². The molecule has 2 heterocycles. The van der Waals surface area contributed by atoms with E-state index < -0.39 is 0 Å². The molecule has 4 atom stereocenters. The van der Waals surface area contributed by atoms with Gasteiger partial charge in [0.15, 0.2) is 0 Å². The van der Waals surface area contributed by atoms with Crippen LogP contribution in [0.3, 0.4) is 0 Å². The molecule has 2 aromatic rings. The van der Waals surface area contributed by atoms with Gasteiger partial charge in [0, 0.05) is 33.2 Å². The van der Waals surface area contributed by atoms with Crippen LogP contribution >= 0.6 is 47.0 Å². The highest BCUT2D eigenvalue weighted by molar-refractivity contribution is 8.20. The molecule has 8 heteroatoms. The number of carbonyl (C=O) groups excluding carboxylic acids is 2. The van der Waals surface area contributed by atoms with Crippen molar-refractivity contribution < 1.29 is 19.1 Å². The summed E-state index contributed by atoms with van der Waals surface area (Å²) in [5.41, 5.74) is 3.48. The fourth-order valence-corrected chi connectivity index (χ4v) is 9.97. The number of hydrogen-bond acceptors (Lipinski definition) is 8. The monoisotopic (exact) mass is 532 g/mol. The van der Waals surface area contributed by atoms with E-state index in [0.29, 0.717) is 44.0 Å². The van der Waals surface area contributed by atoms with E-state index in [9.17, 15) is 9.59 Å². The molecule has 2 aromatic carbocycles. The van der Waals surface area contributed by atoms with Gasteiger partial charge in [0.1, 0.15) is 13.2 Å². The van der Waals surface area contributed by atoms with Crippen LogP contribution in [0, 0.1) is 0 Å². The molecule has 0 N–H and O–H groups in total. The molecule has 2 saturated heterocycles. The van der Waals surface area contributed by atoms with Crippen molar-refractivity contribution in [1.82, 2.24) is 0 Å². The minimum absolute atomic E-state index is 0.301. The van der Waals surface area contributed by atoms with E-state index in [1.807, 2.05) is 47.0 Å². The molecule has 4 rings (SSSR count). The molecule has 0 aromatic heterocycles. The zero-order valence-corrected chi connectivity index (χ0v) is 22.5. The van der Waals surface area contributed by atoms with Crippen molar-refractivity contribution >= 4 is 69.8 Å². The maximum absolute atomic E-state index is 11.7. The number of esters is 2. The lowest BCUT2D eigenvalue weighted by molar-refractivity contribution is -0.139. The fourth-order valence-electron chi connectivity index (χ4n) is 3.58. The first-order valence-electron chi connectivity index (χ1n) is 11.0. The normalized spacial score (nSPS) is 24.2. The van der Waals surface area contributed by atoms with Crippen LogP contribution in [0.25, 0.3) is 10.8 Å². The molecule has 34 heavy (non-hydrogen) atoms. The Hall–Kier alpha value is -1.48. The van der Waals surface area contributed by atoms with Crippen molar-refractivity contribution in [3.05, 3.63) is 71.8 Å². The fraction of sp³-hybridized carbons (Fsp3) is 0.385. The molecule has 0 bridgehead atoms. The van der Waals surface area contributed by atoms with Crippen LogP contribution in [0.2, 0.25) is 0 Å². The lowest BCUT2D eigenvalue weighted by Crippen LogP contribution is -2.16. The van der Waals surface area contributed by atoms with Crippen LogP contribution < -0.4 is 0 Å². The van der Waals surface area contributed by atoms with E-state index in [2.05, 4.69) is 49.6 Å². The van der Waals surface area contributed by atoms with Crippen LogP contribution in [0.4, 0.5) is 0 Å². The molecule has 0 amide bonds. The average Bonchev–Trinajstić information content (AvgIpc) is 3.50. The molecule has 4 unspecified atom stereocenters. The van der Waals surface area contributed by atoms with Gasteiger partial charge in [0.2, 0.25) is 0 Å². The number of hydrogen-bond donors (Lipinski definition) is 0. The Balaban J connectivity index is 1.34. The Morgan fingerprint density at radius 2 is 1.21 bits per heavy atom. The van der Waals surface area contributed by atoms with Crippen molar-refractivity contribution in [3.8, 4) is 0 Å². The third kappa shape index (κ3) is 6.39. The number of benzene rings is 2. The summed E-state index contributed by atoms with van der Waals surface area (Å²) in [6, 6.07) is 13.4. The lowest BCUT2D eigenvalue weighted by atomic mass is 10.1. The summed E-state index contributed by atoms with van der Waals surface area (Å²) in [7, 11) is 0. The molecular weight excluding hydrogens is 505 g/mol. The molecule has 4 nitrogen and oxygen atoms in total. The Kier molecular flexibility index (Phi) is 8.66. The third-order valence-electron chi connectivity index (χ3n) is 5.43. The van der Waals surface area contributed by atoms with E-state index in [4.69, 9.17) is 9.47 Å². The van der Waals surface area contributed by atoms with Gasteiger partial charge in [-0.2, -0.15) is 0 Å². The third-order valence-corrected chi connectivity index (χ3v) is 12.1. The Labute approximate surface area is 218 Å². The summed E-state index contributed by atoms with van der Waals surface area (Å²) in [5.74, 6) is 1.31. The quantitative estimate of drug-likeness (QED) is 0.273. The number of rotatable bonds is 8. The highest BCUT2D eigenvalue weighted by Gasteiger charge is 2.30. The first-order valence-corrected chi connectivity index (χ1v) is 15.0. The molecule has 2 aliphatic heterocycles. The lowest BCUT2D eigenvalue weighted by Gasteiger charge is -2.14. The van der Waals surface area contributed by atoms with Crippen LogP contribution in [-0.2, 0) is 19.1 Å². The van der Waals surface area contributed by atoms with E-state index in [-0.39, 0.29) is 11.9 Å². The number of carbonyl (C=O) groups is 2. The molecule has 0 spiro atoms. The predicted octanol–water partition coefficient (Wildman–Crippen LogP) is 6.77. The first kappa shape index (κ1) is 25.6. The van der Waals surface area contributed by atoms with Crippen LogP contribution in [0.1, 0.15) is 34.1 Å². The zero-order chi connectivity index (χ0) is 24.2. The molecule has 0 saturated carbocycles. The van der Waals surface area contributed by atoms with Crippen molar-refractivity contribution in [2.75, 3.05) is 24.7 Å². The second-order valence-electron chi connectivity index (χ2n) is 8.47. The minimum Gasteiger partial charge on any atom is -0.461 e. The van der Waals surface area contributed by atoms with Gasteiger partial charge in [-0.3, -0.25) is 0 Å². The minimum atomic E-state index is -0.312. The number of ether oxygens (including phenoxy) is 2. The van der Waals surface area contributed by atoms with Gasteiger partial charge in [-0.1, -0.05) is 37.4 Å². The maximum atomic E-state index is 11.7. The van der Waals surface area contributed by atoms with Crippen LogP contribution in [-0.4, -0.2) is 47.2 Å². The van der Waals surface area contributed by atoms with Crippen LogP contribution in [0.5, 0.6) is 0 Å². The van der Waals surface area contributed by atoms with Gasteiger partial charge >= 0.3 is 11.9 Å². The highest BCUT2D eigenvalue weighted by Crippen LogP contribution is 2.51. The van der Waals surface area contributed by atoms with Crippen LogP contribution in [0.15, 0.2) is 60.7 Å². The second-order valence-corrected chi connectivity index (χ2v) is 14.2. The summed E-state index contributed by atoms with van der Waals surface area (Å²) in [6.07, 6.45) is 0. The summed E-state index contributed by atoms with van der Waals surface area (Å²) < 4.78 is 11.4. The smallest absolute Gasteiger partial charge is 0.333 e. The van der Waals surface area contributed by atoms with E-state index >= 15 is 0 Å². The Morgan fingerprint density at radius 3 is 1.59 bits per heavy atom. The molecular formula is C26H28O4S4. The predicted molar refractivity (Wildman–Crippen MR) is 149 cm³/mol. The summed E-state index contributed by atoms with van der Waals surface area (Å²) >= 11 is 7.54. The zero-order valence-electron chi connectivity index (χ0n) is 19.3. The molecule has 0 radical (unpaired) electrons. The largest absolute Gasteiger partial charge is 0.461 e. The molecule has 2 aliphatic rings. The van der Waals surface area contributed by atoms with Crippen molar-refractivity contribution in [1.29, 1.82) is 0 Å². The summed E-state index contributed by atoms with van der Waals surface area (Å²) in [4.78, 5) is 23.3. The van der Waals surface area contributed by atoms with E-state index in [1.54, 1.807) is 13.8 Å². The van der Waals surface area contributed by atoms with Gasteiger partial charge in [-0.05, 0) is 47.9 Å². The molecule has 180 valence electrons. The number of fused-ring (bicyclic) bond motifs is 1. The van der Waals surface area contributed by atoms with E-state index in [1.165, 1.54) is 21.9 Å². The van der Waals surface area contributed by atoms with Crippen molar-refractivity contribution in [3.63, 3.8) is 0 Å². The highest BCUT2D eigenvalue weighted by atomic mass is 32.2. The van der Waals surface area contributed by atoms with E-state index in [0.717, 1.165) is 11.5 Å². The molecule has 2 fully saturated rings. The van der Waals surface area contributed by atoms with Gasteiger partial charge in [-0.25, -0.2) is 9.59 Å². The molecule has 0 aliphatic carbocycles. The standard InChI is InChI=1S/C26H28O4S4/c1-15(2)23(27)29-11-21-13-31-25(33-21)19-7-5-18-10-20(8-6-17(18)9-19)26-32-14-22(34-26)12-30-24(28)16(3)4/h5-10,21-22,25-26H,1,3,11-14H2,2,4H3. The second kappa shape index (κ2) is 11.5.